The topological polar surface area (TPSA) is 44.9 Å². The molecular formula is C20H19F3N2O. The van der Waals surface area contributed by atoms with Crippen molar-refractivity contribution < 1.29 is 18.0 Å². The van der Waals surface area contributed by atoms with Crippen LogP contribution in [0.25, 0.3) is 10.9 Å². The van der Waals surface area contributed by atoms with Gasteiger partial charge in [0.2, 0.25) is 0 Å². The molecule has 1 aromatic heterocycles. The minimum atomic E-state index is -4.38. The largest absolute Gasteiger partial charge is 0.416 e. The third kappa shape index (κ3) is 3.65. The third-order valence-corrected chi connectivity index (χ3v) is 4.46. The van der Waals surface area contributed by atoms with Gasteiger partial charge < -0.3 is 10.3 Å². The van der Waals surface area contributed by atoms with Gasteiger partial charge in [0, 0.05) is 28.2 Å². The van der Waals surface area contributed by atoms with Gasteiger partial charge in [0.25, 0.3) is 0 Å². The lowest BCUT2D eigenvalue weighted by molar-refractivity contribution is -0.137. The SMILES string of the molecule is Cc1[nH]c2ccccc2c1C(=O)CNC(C)c1cccc(C(F)(F)F)c1. The van der Waals surface area contributed by atoms with Gasteiger partial charge in [-0.1, -0.05) is 30.3 Å². The number of Topliss-reactive ketones (excluding diaryl/α,β-unsaturated/α-hetero) is 1. The molecule has 3 aromatic rings. The molecule has 0 aliphatic rings. The second-order valence-corrected chi connectivity index (χ2v) is 6.32. The summed E-state index contributed by atoms with van der Waals surface area (Å²) in [5.41, 5.74) is 2.08. The summed E-state index contributed by atoms with van der Waals surface area (Å²) in [5, 5.41) is 3.88. The highest BCUT2D eigenvalue weighted by molar-refractivity contribution is 6.10. The molecule has 1 atom stereocenters. The number of alkyl halides is 3. The lowest BCUT2D eigenvalue weighted by Crippen LogP contribution is -2.26. The Morgan fingerprint density at radius 3 is 2.62 bits per heavy atom. The molecule has 26 heavy (non-hydrogen) atoms. The number of hydrogen-bond donors (Lipinski definition) is 2. The fourth-order valence-corrected chi connectivity index (χ4v) is 3.07. The van der Waals surface area contributed by atoms with Crippen LogP contribution in [0.3, 0.4) is 0 Å². The first-order valence-electron chi connectivity index (χ1n) is 8.28. The van der Waals surface area contributed by atoms with Crippen LogP contribution in [-0.4, -0.2) is 17.3 Å². The number of ketones is 1. The Morgan fingerprint density at radius 2 is 1.88 bits per heavy atom. The van der Waals surface area contributed by atoms with Gasteiger partial charge in [0.05, 0.1) is 12.1 Å². The van der Waals surface area contributed by atoms with Crippen LogP contribution in [0.1, 0.15) is 40.1 Å². The summed E-state index contributed by atoms with van der Waals surface area (Å²) in [6.07, 6.45) is -4.38. The van der Waals surface area contributed by atoms with E-state index in [0.29, 0.717) is 11.1 Å². The number of H-pyrrole nitrogens is 1. The molecule has 2 N–H and O–H groups in total. The van der Waals surface area contributed by atoms with E-state index < -0.39 is 11.7 Å². The van der Waals surface area contributed by atoms with Crippen LogP contribution in [0.5, 0.6) is 0 Å². The average Bonchev–Trinajstić information content (AvgIpc) is 2.94. The van der Waals surface area contributed by atoms with Crippen molar-refractivity contribution in [2.45, 2.75) is 26.1 Å². The number of carbonyl (C=O) groups is 1. The predicted molar refractivity (Wildman–Crippen MR) is 95.2 cm³/mol. The Bertz CT molecular complexity index is 944. The van der Waals surface area contributed by atoms with Crippen molar-refractivity contribution in [2.75, 3.05) is 6.54 Å². The van der Waals surface area contributed by atoms with Crippen LogP contribution in [0, 0.1) is 6.92 Å². The highest BCUT2D eigenvalue weighted by atomic mass is 19.4. The second kappa shape index (κ2) is 6.96. The van der Waals surface area contributed by atoms with Crippen LogP contribution < -0.4 is 5.32 Å². The minimum absolute atomic E-state index is 0.0418. The molecule has 2 aromatic carbocycles. The number of aromatic nitrogens is 1. The normalized spacial score (nSPS) is 13.1. The molecule has 0 spiro atoms. The number of carbonyl (C=O) groups excluding carboxylic acids is 1. The Morgan fingerprint density at radius 1 is 1.15 bits per heavy atom. The summed E-state index contributed by atoms with van der Waals surface area (Å²) in [6.45, 7) is 3.62. The second-order valence-electron chi connectivity index (χ2n) is 6.32. The van der Waals surface area contributed by atoms with E-state index >= 15 is 0 Å². The first-order chi connectivity index (χ1) is 12.3. The van der Waals surface area contributed by atoms with E-state index in [1.807, 2.05) is 31.2 Å². The van der Waals surface area contributed by atoms with Crippen molar-refractivity contribution in [3.63, 3.8) is 0 Å². The Hall–Kier alpha value is -2.60. The molecule has 0 amide bonds. The highest BCUT2D eigenvalue weighted by Crippen LogP contribution is 2.30. The van der Waals surface area contributed by atoms with Gasteiger partial charge >= 0.3 is 6.18 Å². The predicted octanol–water partition coefficient (Wildman–Crippen LogP) is 5.03. The van der Waals surface area contributed by atoms with E-state index in [0.717, 1.165) is 28.7 Å². The van der Waals surface area contributed by atoms with E-state index in [1.54, 1.807) is 13.0 Å². The van der Waals surface area contributed by atoms with Crippen molar-refractivity contribution in [1.29, 1.82) is 0 Å². The fraction of sp³-hybridized carbons (Fsp3) is 0.250. The molecule has 0 aliphatic carbocycles. The zero-order valence-corrected chi connectivity index (χ0v) is 14.4. The number of aryl methyl sites for hydroxylation is 1. The summed E-state index contributed by atoms with van der Waals surface area (Å²) in [6, 6.07) is 12.3. The van der Waals surface area contributed by atoms with E-state index in [4.69, 9.17) is 0 Å². The maximum Gasteiger partial charge on any atom is 0.416 e. The van der Waals surface area contributed by atoms with E-state index in [2.05, 4.69) is 10.3 Å². The molecule has 136 valence electrons. The number of aromatic amines is 1. The molecule has 0 aliphatic heterocycles. The molecule has 0 saturated heterocycles. The number of hydrogen-bond acceptors (Lipinski definition) is 2. The smallest absolute Gasteiger partial charge is 0.358 e. The molecule has 0 bridgehead atoms. The van der Waals surface area contributed by atoms with Crippen molar-refractivity contribution in [1.82, 2.24) is 10.3 Å². The molecule has 1 unspecified atom stereocenters. The first kappa shape index (κ1) is 18.2. The zero-order valence-electron chi connectivity index (χ0n) is 14.4. The summed E-state index contributed by atoms with van der Waals surface area (Å²) in [4.78, 5) is 15.8. The van der Waals surface area contributed by atoms with Gasteiger partial charge in [-0.25, -0.2) is 0 Å². The number of rotatable bonds is 5. The van der Waals surface area contributed by atoms with Gasteiger partial charge in [-0.3, -0.25) is 4.79 Å². The fourth-order valence-electron chi connectivity index (χ4n) is 3.07. The monoisotopic (exact) mass is 360 g/mol. The average molecular weight is 360 g/mol. The van der Waals surface area contributed by atoms with Crippen molar-refractivity contribution in [3.05, 3.63) is 70.9 Å². The van der Waals surface area contributed by atoms with Crippen LogP contribution in [0.15, 0.2) is 48.5 Å². The summed E-state index contributed by atoms with van der Waals surface area (Å²) in [7, 11) is 0. The standard InChI is InChI=1S/C20H19F3N2O/c1-12(14-6-5-7-15(10-14)20(21,22)23)24-11-18(26)19-13(2)25-17-9-4-3-8-16(17)19/h3-10,12,24-25H,11H2,1-2H3. The van der Waals surface area contributed by atoms with Gasteiger partial charge in [0.1, 0.15) is 0 Å². The summed E-state index contributed by atoms with van der Waals surface area (Å²) < 4.78 is 38.5. The first-order valence-corrected chi connectivity index (χ1v) is 8.28. The highest BCUT2D eigenvalue weighted by Gasteiger charge is 2.30. The molecule has 1 heterocycles. The molecule has 0 radical (unpaired) electrons. The van der Waals surface area contributed by atoms with Crippen LogP contribution in [0.4, 0.5) is 13.2 Å². The Balaban J connectivity index is 1.74. The quantitative estimate of drug-likeness (QED) is 0.627. The van der Waals surface area contributed by atoms with E-state index in [-0.39, 0.29) is 18.4 Å². The number of halogens is 3. The lowest BCUT2D eigenvalue weighted by Gasteiger charge is -2.16. The van der Waals surface area contributed by atoms with Gasteiger partial charge in [-0.2, -0.15) is 13.2 Å². The maximum absolute atomic E-state index is 12.8. The molecule has 0 fully saturated rings. The van der Waals surface area contributed by atoms with Crippen molar-refractivity contribution in [2.24, 2.45) is 0 Å². The van der Waals surface area contributed by atoms with Crippen LogP contribution in [0.2, 0.25) is 0 Å². The lowest BCUT2D eigenvalue weighted by atomic mass is 10.0. The Kier molecular flexibility index (Phi) is 4.87. The van der Waals surface area contributed by atoms with Crippen molar-refractivity contribution in [3.8, 4) is 0 Å². The van der Waals surface area contributed by atoms with Crippen molar-refractivity contribution >= 4 is 16.7 Å². The number of fused-ring (bicyclic) bond motifs is 1. The molecular weight excluding hydrogens is 341 g/mol. The number of nitrogens with one attached hydrogen (secondary N) is 2. The minimum Gasteiger partial charge on any atom is -0.358 e. The summed E-state index contributed by atoms with van der Waals surface area (Å²) in [5.74, 6) is -0.0984. The summed E-state index contributed by atoms with van der Waals surface area (Å²) >= 11 is 0. The van der Waals surface area contributed by atoms with Gasteiger partial charge in [-0.05, 0) is 37.6 Å². The van der Waals surface area contributed by atoms with Crippen LogP contribution in [-0.2, 0) is 6.18 Å². The van der Waals surface area contributed by atoms with Gasteiger partial charge in [-0.15, -0.1) is 0 Å². The molecule has 3 rings (SSSR count). The molecule has 0 saturated carbocycles. The van der Waals surface area contributed by atoms with E-state index in [1.165, 1.54) is 6.07 Å². The number of para-hydroxylation sites is 1. The molecule has 3 nitrogen and oxygen atoms in total. The third-order valence-electron chi connectivity index (χ3n) is 4.46. The maximum atomic E-state index is 12.8. The van der Waals surface area contributed by atoms with Crippen LogP contribution >= 0.6 is 0 Å². The number of benzene rings is 2. The zero-order chi connectivity index (χ0) is 18.9. The van der Waals surface area contributed by atoms with E-state index in [9.17, 15) is 18.0 Å². The Labute approximate surface area is 149 Å². The van der Waals surface area contributed by atoms with Gasteiger partial charge in [0.15, 0.2) is 5.78 Å². The molecule has 6 heteroatoms.